The van der Waals surface area contributed by atoms with Gasteiger partial charge in [-0.05, 0) is 43.6 Å². The van der Waals surface area contributed by atoms with Crippen LogP contribution in [0.25, 0.3) is 0 Å². The number of anilines is 2. The molecule has 1 aromatic rings. The predicted octanol–water partition coefficient (Wildman–Crippen LogP) is 2.49. The van der Waals surface area contributed by atoms with Crippen LogP contribution in [0.4, 0.5) is 10.8 Å². The first-order valence-corrected chi connectivity index (χ1v) is 8.59. The van der Waals surface area contributed by atoms with E-state index < -0.39 is 0 Å². The molecule has 1 aromatic heterocycles. The zero-order chi connectivity index (χ0) is 12.5. The Bertz CT molecular complexity index is 420. The van der Waals surface area contributed by atoms with Crippen LogP contribution in [0.1, 0.15) is 25.7 Å². The lowest BCUT2D eigenvalue weighted by Gasteiger charge is -2.32. The van der Waals surface area contributed by atoms with Gasteiger partial charge in [0.25, 0.3) is 0 Å². The fourth-order valence-electron chi connectivity index (χ4n) is 3.17. The van der Waals surface area contributed by atoms with Crippen molar-refractivity contribution >= 4 is 34.1 Å². The third-order valence-electron chi connectivity index (χ3n) is 4.05. The summed E-state index contributed by atoms with van der Waals surface area (Å²) in [6.45, 7) is 2.52. The summed E-state index contributed by atoms with van der Waals surface area (Å²) in [5.41, 5.74) is 5.89. The van der Waals surface area contributed by atoms with Crippen molar-refractivity contribution in [1.82, 2.24) is 9.27 Å². The Kier molecular flexibility index (Phi) is 3.68. The van der Waals surface area contributed by atoms with E-state index in [1.54, 1.807) is 11.8 Å². The number of fused-ring (bicyclic) bond motifs is 1. The molecule has 2 atom stereocenters. The van der Waals surface area contributed by atoms with Crippen LogP contribution in [0.3, 0.4) is 0 Å². The van der Waals surface area contributed by atoms with Gasteiger partial charge in [-0.3, -0.25) is 4.90 Å². The predicted molar refractivity (Wildman–Crippen MR) is 79.5 cm³/mol. The third-order valence-corrected chi connectivity index (χ3v) is 5.79. The summed E-state index contributed by atoms with van der Waals surface area (Å²) in [6, 6.07) is 1.30. The van der Waals surface area contributed by atoms with Crippen molar-refractivity contribution in [3.8, 4) is 0 Å². The molecule has 0 bridgehead atoms. The van der Waals surface area contributed by atoms with Crippen LogP contribution in [0.15, 0.2) is 4.90 Å². The van der Waals surface area contributed by atoms with Gasteiger partial charge < -0.3 is 11.1 Å². The largest absolute Gasteiger partial charge is 0.382 e. The quantitative estimate of drug-likeness (QED) is 0.835. The van der Waals surface area contributed by atoms with Crippen molar-refractivity contribution in [2.45, 2.75) is 42.7 Å². The smallest absolute Gasteiger partial charge is 0.153 e. The van der Waals surface area contributed by atoms with Crippen molar-refractivity contribution in [2.24, 2.45) is 0 Å². The zero-order valence-corrected chi connectivity index (χ0v) is 12.3. The van der Waals surface area contributed by atoms with Crippen LogP contribution in [0.2, 0.25) is 0 Å². The van der Waals surface area contributed by atoms with Crippen molar-refractivity contribution in [3.63, 3.8) is 0 Å². The molecular weight excluding hydrogens is 264 g/mol. The molecule has 2 saturated heterocycles. The number of piperidine rings is 1. The van der Waals surface area contributed by atoms with Crippen molar-refractivity contribution < 1.29 is 0 Å². The van der Waals surface area contributed by atoms with E-state index in [1.807, 2.05) is 0 Å². The van der Waals surface area contributed by atoms with Crippen molar-refractivity contribution in [3.05, 3.63) is 0 Å². The molecule has 100 valence electrons. The van der Waals surface area contributed by atoms with Gasteiger partial charge in [0.15, 0.2) is 5.82 Å². The van der Waals surface area contributed by atoms with Gasteiger partial charge in [-0.1, -0.05) is 6.42 Å². The highest BCUT2D eigenvalue weighted by atomic mass is 32.2. The van der Waals surface area contributed by atoms with Crippen LogP contribution in [0.5, 0.6) is 0 Å². The lowest BCUT2D eigenvalue weighted by Crippen LogP contribution is -2.41. The van der Waals surface area contributed by atoms with Crippen LogP contribution >= 0.6 is 23.3 Å². The Morgan fingerprint density at radius 3 is 3.11 bits per heavy atom. The second-order valence-corrected chi connectivity index (χ2v) is 6.66. The maximum Gasteiger partial charge on any atom is 0.153 e. The molecule has 0 radical (unpaired) electrons. The van der Waals surface area contributed by atoms with Gasteiger partial charge in [0.05, 0.1) is 4.90 Å². The lowest BCUT2D eigenvalue weighted by molar-refractivity contribution is 0.193. The van der Waals surface area contributed by atoms with E-state index in [4.69, 9.17) is 5.73 Å². The van der Waals surface area contributed by atoms with Crippen LogP contribution in [-0.4, -0.2) is 40.7 Å². The average Bonchev–Trinajstić information content (AvgIpc) is 2.95. The van der Waals surface area contributed by atoms with Gasteiger partial charge >= 0.3 is 0 Å². The number of nitrogens with two attached hydrogens (primary N) is 1. The number of hydrogen-bond acceptors (Lipinski definition) is 6. The zero-order valence-electron chi connectivity index (χ0n) is 10.7. The molecule has 0 aromatic carbocycles. The van der Waals surface area contributed by atoms with Gasteiger partial charge in [-0.15, -0.1) is 11.8 Å². The summed E-state index contributed by atoms with van der Waals surface area (Å²) in [7, 11) is 0. The summed E-state index contributed by atoms with van der Waals surface area (Å²) >= 11 is 3.19. The Labute approximate surface area is 116 Å². The van der Waals surface area contributed by atoms with E-state index in [2.05, 4.69) is 20.8 Å². The molecule has 3 N–H and O–H groups in total. The third kappa shape index (κ3) is 2.21. The second-order valence-electron chi connectivity index (χ2n) is 5.07. The molecule has 0 amide bonds. The first-order chi connectivity index (χ1) is 8.79. The molecular formula is C12H20N4S2. The maximum atomic E-state index is 5.89. The minimum absolute atomic E-state index is 0.580. The van der Waals surface area contributed by atoms with Crippen molar-refractivity contribution in [2.75, 3.05) is 30.4 Å². The van der Waals surface area contributed by atoms with Gasteiger partial charge in [0.2, 0.25) is 0 Å². The molecule has 4 nitrogen and oxygen atoms in total. The molecule has 2 aliphatic heterocycles. The number of hydrogen-bond donors (Lipinski definition) is 2. The fourth-order valence-corrected chi connectivity index (χ4v) is 4.76. The second kappa shape index (κ2) is 5.27. The summed E-state index contributed by atoms with van der Waals surface area (Å²) in [5, 5.41) is 4.86. The molecule has 2 unspecified atom stereocenters. The summed E-state index contributed by atoms with van der Waals surface area (Å²) in [5.74, 6) is 0.675. The number of rotatable bonds is 3. The van der Waals surface area contributed by atoms with Crippen LogP contribution in [0, 0.1) is 0 Å². The van der Waals surface area contributed by atoms with E-state index in [1.165, 1.54) is 50.3 Å². The number of thioether (sulfide) groups is 1. The number of nitrogens with one attached hydrogen (secondary N) is 1. The van der Waals surface area contributed by atoms with E-state index in [9.17, 15) is 0 Å². The molecule has 2 aliphatic rings. The Balaban J connectivity index is 1.72. The molecule has 6 heteroatoms. The van der Waals surface area contributed by atoms with Crippen LogP contribution < -0.4 is 11.1 Å². The minimum atomic E-state index is 0.580. The molecule has 0 spiro atoms. The molecule has 0 aliphatic carbocycles. The van der Waals surface area contributed by atoms with E-state index in [0.717, 1.165) is 15.9 Å². The Morgan fingerprint density at radius 2 is 2.28 bits per heavy atom. The van der Waals surface area contributed by atoms with E-state index in [0.29, 0.717) is 11.9 Å². The Morgan fingerprint density at radius 1 is 1.39 bits per heavy atom. The molecule has 2 fully saturated rings. The number of nitrogen functional groups attached to an aromatic ring is 1. The molecule has 0 saturated carbocycles. The molecule has 3 rings (SSSR count). The number of nitrogens with zero attached hydrogens (tertiary/aromatic N) is 2. The summed E-state index contributed by atoms with van der Waals surface area (Å²) in [4.78, 5) is 3.76. The van der Waals surface area contributed by atoms with Crippen molar-refractivity contribution in [1.29, 1.82) is 0 Å². The monoisotopic (exact) mass is 284 g/mol. The van der Waals surface area contributed by atoms with E-state index >= 15 is 0 Å². The standard InChI is InChI=1S/C12H20N4S2/c1-17-10-11(13)15-18-12(10)14-8-5-7-16-6-3-2-4-9(8)16/h8-9,14H,2-7H2,1H3,(H2,13,15). The lowest BCUT2D eigenvalue weighted by atomic mass is 9.99. The SMILES string of the molecule is CSc1c(N)nsc1NC1CCN2CCCCC12. The maximum absolute atomic E-state index is 5.89. The normalized spacial score (nSPS) is 28.3. The van der Waals surface area contributed by atoms with Gasteiger partial charge in [-0.2, -0.15) is 4.37 Å². The summed E-state index contributed by atoms with van der Waals surface area (Å²) in [6.07, 6.45) is 7.38. The first kappa shape index (κ1) is 12.6. The van der Waals surface area contributed by atoms with Gasteiger partial charge in [-0.25, -0.2) is 0 Å². The average molecular weight is 284 g/mol. The molecule has 18 heavy (non-hydrogen) atoms. The highest BCUT2D eigenvalue weighted by Gasteiger charge is 2.35. The number of aromatic nitrogens is 1. The minimum Gasteiger partial charge on any atom is -0.382 e. The Hall–Kier alpha value is -0.460. The highest BCUT2D eigenvalue weighted by molar-refractivity contribution is 7.99. The van der Waals surface area contributed by atoms with Gasteiger partial charge in [0.1, 0.15) is 5.00 Å². The highest BCUT2D eigenvalue weighted by Crippen LogP contribution is 2.37. The fraction of sp³-hybridized carbons (Fsp3) is 0.750. The first-order valence-electron chi connectivity index (χ1n) is 6.59. The molecule has 3 heterocycles. The van der Waals surface area contributed by atoms with Crippen LogP contribution in [-0.2, 0) is 0 Å². The topological polar surface area (TPSA) is 54.2 Å². The summed E-state index contributed by atoms with van der Waals surface area (Å²) < 4.78 is 4.26. The van der Waals surface area contributed by atoms with E-state index in [-0.39, 0.29) is 0 Å². The van der Waals surface area contributed by atoms with Gasteiger partial charge in [0, 0.05) is 18.6 Å².